The molecule has 2 heterocycles. The molecule has 1 aromatic heterocycles. The number of amides is 1. The maximum atomic E-state index is 13.0. The molecule has 0 unspecified atom stereocenters. The lowest BCUT2D eigenvalue weighted by Crippen LogP contribution is -2.41. The van der Waals surface area contributed by atoms with Gasteiger partial charge >= 0.3 is 0 Å². The van der Waals surface area contributed by atoms with E-state index < -0.39 is 0 Å². The SMILES string of the molecule is CCOc1ccccc1NC(=S)Nc1cnn(CC)c1C(=O)N1CCOCC1. The van der Waals surface area contributed by atoms with Crippen LogP contribution in [0.15, 0.2) is 30.5 Å². The smallest absolute Gasteiger partial charge is 0.274 e. The lowest BCUT2D eigenvalue weighted by Gasteiger charge is -2.27. The number of rotatable bonds is 6. The Balaban J connectivity index is 1.76. The normalized spacial score (nSPS) is 13.9. The molecule has 1 saturated heterocycles. The molecular weight excluding hydrogens is 378 g/mol. The van der Waals surface area contributed by atoms with Crippen molar-refractivity contribution in [1.82, 2.24) is 14.7 Å². The Morgan fingerprint density at radius 2 is 1.93 bits per heavy atom. The van der Waals surface area contributed by atoms with Crippen molar-refractivity contribution in [2.45, 2.75) is 20.4 Å². The van der Waals surface area contributed by atoms with Gasteiger partial charge in [0.05, 0.1) is 37.4 Å². The van der Waals surface area contributed by atoms with Gasteiger partial charge in [0.25, 0.3) is 5.91 Å². The zero-order chi connectivity index (χ0) is 19.9. The summed E-state index contributed by atoms with van der Waals surface area (Å²) in [5, 5.41) is 10.9. The monoisotopic (exact) mass is 403 g/mol. The minimum Gasteiger partial charge on any atom is -0.492 e. The van der Waals surface area contributed by atoms with Gasteiger partial charge in [-0.25, -0.2) is 0 Å². The molecule has 0 radical (unpaired) electrons. The van der Waals surface area contributed by atoms with Crippen LogP contribution in [0.1, 0.15) is 24.3 Å². The number of nitrogens with one attached hydrogen (secondary N) is 2. The number of carbonyl (C=O) groups is 1. The second-order valence-electron chi connectivity index (χ2n) is 6.14. The van der Waals surface area contributed by atoms with Crippen LogP contribution in [0.4, 0.5) is 11.4 Å². The second kappa shape index (κ2) is 9.52. The van der Waals surface area contributed by atoms with Crippen molar-refractivity contribution in [2.75, 3.05) is 43.5 Å². The molecule has 1 aliphatic heterocycles. The molecule has 1 fully saturated rings. The van der Waals surface area contributed by atoms with E-state index >= 15 is 0 Å². The van der Waals surface area contributed by atoms with Gasteiger partial charge in [0.2, 0.25) is 0 Å². The van der Waals surface area contributed by atoms with Crippen molar-refractivity contribution in [3.8, 4) is 5.75 Å². The van der Waals surface area contributed by atoms with Gasteiger partial charge in [0.1, 0.15) is 11.4 Å². The Labute approximate surface area is 169 Å². The molecule has 8 nitrogen and oxygen atoms in total. The van der Waals surface area contributed by atoms with Crippen LogP contribution in [0.3, 0.4) is 0 Å². The summed E-state index contributed by atoms with van der Waals surface area (Å²) in [7, 11) is 0. The summed E-state index contributed by atoms with van der Waals surface area (Å²) in [6.07, 6.45) is 1.62. The summed E-state index contributed by atoms with van der Waals surface area (Å²) in [5.74, 6) is 0.630. The fraction of sp³-hybridized carbons (Fsp3) is 0.421. The van der Waals surface area contributed by atoms with Gasteiger partial charge in [-0.2, -0.15) is 5.10 Å². The standard InChI is InChI=1S/C19H25N5O3S/c1-3-24-17(18(25)23-9-11-26-12-10-23)15(13-20-24)22-19(28)21-14-7-5-6-8-16(14)27-4-2/h5-8,13H,3-4,9-12H2,1-2H3,(H2,21,22,28). The fourth-order valence-electron chi connectivity index (χ4n) is 2.99. The van der Waals surface area contributed by atoms with E-state index in [0.29, 0.717) is 61.7 Å². The van der Waals surface area contributed by atoms with E-state index in [1.165, 1.54) is 0 Å². The van der Waals surface area contributed by atoms with Crippen molar-refractivity contribution >= 4 is 34.6 Å². The van der Waals surface area contributed by atoms with Crippen molar-refractivity contribution in [2.24, 2.45) is 0 Å². The molecule has 1 aromatic carbocycles. The third-order valence-corrected chi connectivity index (χ3v) is 4.53. The van der Waals surface area contributed by atoms with Crippen molar-refractivity contribution in [3.05, 3.63) is 36.2 Å². The highest BCUT2D eigenvalue weighted by molar-refractivity contribution is 7.80. The van der Waals surface area contributed by atoms with E-state index in [1.54, 1.807) is 15.8 Å². The molecule has 0 saturated carbocycles. The predicted octanol–water partition coefficient (Wildman–Crippen LogP) is 2.58. The van der Waals surface area contributed by atoms with Crippen LogP contribution in [0.25, 0.3) is 0 Å². The first kappa shape index (κ1) is 20.1. The maximum Gasteiger partial charge on any atom is 0.274 e. The molecule has 1 aliphatic rings. The summed E-state index contributed by atoms with van der Waals surface area (Å²) in [4.78, 5) is 14.8. The Hall–Kier alpha value is -2.65. The van der Waals surface area contributed by atoms with Gasteiger partial charge < -0.3 is 25.0 Å². The molecule has 2 aromatic rings. The fourth-order valence-corrected chi connectivity index (χ4v) is 3.21. The number of thiocarbonyl (C=S) groups is 1. The molecule has 3 rings (SSSR count). The maximum absolute atomic E-state index is 13.0. The molecular formula is C19H25N5O3S. The number of aromatic nitrogens is 2. The zero-order valence-electron chi connectivity index (χ0n) is 16.1. The quantitative estimate of drug-likeness (QED) is 0.718. The lowest BCUT2D eigenvalue weighted by atomic mass is 10.3. The number of morpholine rings is 1. The van der Waals surface area contributed by atoms with Gasteiger partial charge in [-0.15, -0.1) is 0 Å². The van der Waals surface area contributed by atoms with Crippen LogP contribution in [0.2, 0.25) is 0 Å². The minimum absolute atomic E-state index is 0.0809. The highest BCUT2D eigenvalue weighted by Gasteiger charge is 2.25. The number of anilines is 2. The third kappa shape index (κ3) is 4.60. The molecule has 0 atom stereocenters. The third-order valence-electron chi connectivity index (χ3n) is 4.32. The first-order chi connectivity index (χ1) is 13.6. The minimum atomic E-state index is -0.0809. The summed E-state index contributed by atoms with van der Waals surface area (Å²) in [6, 6.07) is 7.55. The van der Waals surface area contributed by atoms with Crippen LogP contribution in [-0.2, 0) is 11.3 Å². The van der Waals surface area contributed by atoms with Gasteiger partial charge in [-0.3, -0.25) is 9.48 Å². The summed E-state index contributed by atoms with van der Waals surface area (Å²) in [6.45, 7) is 7.24. The molecule has 0 aliphatic carbocycles. The summed E-state index contributed by atoms with van der Waals surface area (Å²) in [5.41, 5.74) is 1.82. The predicted molar refractivity (Wildman–Crippen MR) is 112 cm³/mol. The number of benzene rings is 1. The van der Waals surface area contributed by atoms with Crippen LogP contribution < -0.4 is 15.4 Å². The van der Waals surface area contributed by atoms with E-state index in [9.17, 15) is 4.79 Å². The molecule has 28 heavy (non-hydrogen) atoms. The number of ether oxygens (including phenoxy) is 2. The number of nitrogens with zero attached hydrogens (tertiary/aromatic N) is 3. The molecule has 0 bridgehead atoms. The number of hydrogen-bond acceptors (Lipinski definition) is 5. The molecule has 150 valence electrons. The largest absolute Gasteiger partial charge is 0.492 e. The van der Waals surface area contributed by atoms with E-state index in [2.05, 4.69) is 15.7 Å². The zero-order valence-corrected chi connectivity index (χ0v) is 16.9. The van der Waals surface area contributed by atoms with Gasteiger partial charge in [-0.05, 0) is 38.2 Å². The van der Waals surface area contributed by atoms with E-state index in [1.807, 2.05) is 38.1 Å². The highest BCUT2D eigenvalue weighted by Crippen LogP contribution is 2.24. The van der Waals surface area contributed by atoms with Gasteiger partial charge in [0.15, 0.2) is 5.11 Å². The first-order valence-electron chi connectivity index (χ1n) is 9.36. The number of hydrogen-bond donors (Lipinski definition) is 2. The first-order valence-corrected chi connectivity index (χ1v) is 9.77. The van der Waals surface area contributed by atoms with Crippen LogP contribution >= 0.6 is 12.2 Å². The van der Waals surface area contributed by atoms with E-state index in [-0.39, 0.29) is 5.91 Å². The number of para-hydroxylation sites is 2. The van der Waals surface area contributed by atoms with Crippen LogP contribution in [0.5, 0.6) is 5.75 Å². The van der Waals surface area contributed by atoms with Gasteiger partial charge in [-0.1, -0.05) is 12.1 Å². The average molecular weight is 404 g/mol. The number of aryl methyl sites for hydroxylation is 1. The Bertz CT molecular complexity index is 833. The Kier molecular flexibility index (Phi) is 6.83. The van der Waals surface area contributed by atoms with Gasteiger partial charge in [0, 0.05) is 19.6 Å². The molecule has 1 amide bonds. The molecule has 2 N–H and O–H groups in total. The Morgan fingerprint density at radius 3 is 2.64 bits per heavy atom. The molecule has 0 spiro atoms. The average Bonchev–Trinajstić information content (AvgIpc) is 3.12. The molecule has 9 heteroatoms. The second-order valence-corrected chi connectivity index (χ2v) is 6.54. The van der Waals surface area contributed by atoms with Crippen molar-refractivity contribution in [3.63, 3.8) is 0 Å². The Morgan fingerprint density at radius 1 is 1.21 bits per heavy atom. The van der Waals surface area contributed by atoms with E-state index in [4.69, 9.17) is 21.7 Å². The topological polar surface area (TPSA) is 80.7 Å². The summed E-state index contributed by atoms with van der Waals surface area (Å²) >= 11 is 5.45. The van der Waals surface area contributed by atoms with Crippen LogP contribution in [-0.4, -0.2) is 58.6 Å². The summed E-state index contributed by atoms with van der Waals surface area (Å²) < 4.78 is 12.6. The van der Waals surface area contributed by atoms with Crippen molar-refractivity contribution < 1.29 is 14.3 Å². The van der Waals surface area contributed by atoms with Crippen molar-refractivity contribution in [1.29, 1.82) is 0 Å². The highest BCUT2D eigenvalue weighted by atomic mass is 32.1. The van der Waals surface area contributed by atoms with E-state index in [0.717, 1.165) is 5.69 Å². The lowest BCUT2D eigenvalue weighted by molar-refractivity contribution is 0.0295. The van der Waals surface area contributed by atoms with Crippen LogP contribution in [0, 0.1) is 0 Å². The number of carbonyl (C=O) groups excluding carboxylic acids is 1.